The zero-order valence-corrected chi connectivity index (χ0v) is 31.1. The highest BCUT2D eigenvalue weighted by Crippen LogP contribution is 2.43. The molecule has 7 rings (SSSR count). The molecule has 0 bridgehead atoms. The van der Waals surface area contributed by atoms with Gasteiger partial charge in [0.05, 0.1) is 27.2 Å². The molecule has 0 spiro atoms. The van der Waals surface area contributed by atoms with Crippen molar-refractivity contribution in [1.82, 2.24) is 19.5 Å². The van der Waals surface area contributed by atoms with E-state index in [-0.39, 0.29) is 18.3 Å². The van der Waals surface area contributed by atoms with Crippen molar-refractivity contribution in [2.24, 2.45) is 0 Å². The molecule has 3 N–H and O–H groups in total. The van der Waals surface area contributed by atoms with Crippen LogP contribution in [0.4, 0.5) is 5.82 Å². The number of aliphatic hydroxyl groups excluding tert-OH is 2. The third kappa shape index (κ3) is 8.36. The van der Waals surface area contributed by atoms with Crippen LogP contribution in [0.15, 0.2) is 122 Å². The van der Waals surface area contributed by atoms with Crippen molar-refractivity contribution < 1.29 is 38.7 Å². The number of fused-ring (bicyclic) bond motifs is 1. The van der Waals surface area contributed by atoms with Gasteiger partial charge < -0.3 is 39.2 Å². The van der Waals surface area contributed by atoms with Gasteiger partial charge in [0.15, 0.2) is 23.2 Å². The normalized spacial score (nSPS) is 18.0. The van der Waals surface area contributed by atoms with E-state index in [1.807, 2.05) is 84.9 Å². The van der Waals surface area contributed by atoms with Crippen molar-refractivity contribution in [2.75, 3.05) is 39.9 Å². The van der Waals surface area contributed by atoms with Crippen LogP contribution in [0.1, 0.15) is 46.6 Å². The largest absolute Gasteiger partial charge is 0.497 e. The predicted molar refractivity (Wildman–Crippen MR) is 206 cm³/mol. The van der Waals surface area contributed by atoms with Crippen LogP contribution in [0.25, 0.3) is 11.2 Å². The Balaban J connectivity index is 0.000000967. The summed E-state index contributed by atoms with van der Waals surface area (Å²) in [5.41, 5.74) is 2.34. The van der Waals surface area contributed by atoms with Crippen LogP contribution in [0.5, 0.6) is 11.5 Å². The first-order chi connectivity index (χ1) is 26.8. The van der Waals surface area contributed by atoms with Crippen molar-refractivity contribution >= 4 is 22.9 Å². The van der Waals surface area contributed by atoms with E-state index in [0.717, 1.165) is 29.7 Å². The minimum atomic E-state index is -1.36. The maximum atomic E-state index is 12.9. The number of amides is 1. The first kappa shape index (κ1) is 39.0. The van der Waals surface area contributed by atoms with Crippen LogP contribution in [-0.4, -0.2) is 88.5 Å². The lowest BCUT2D eigenvalue weighted by Crippen LogP contribution is -2.39. The lowest BCUT2D eigenvalue weighted by Gasteiger charge is -2.37. The van der Waals surface area contributed by atoms with Crippen LogP contribution >= 0.6 is 0 Å². The number of nitrogens with one attached hydrogen (secondary N) is 1. The van der Waals surface area contributed by atoms with Gasteiger partial charge >= 0.3 is 0 Å². The van der Waals surface area contributed by atoms with Crippen molar-refractivity contribution in [3.8, 4) is 11.5 Å². The number of imidazole rings is 1. The lowest BCUT2D eigenvalue weighted by molar-refractivity contribution is -0.0942. The zero-order chi connectivity index (χ0) is 38.8. The minimum absolute atomic E-state index is 0.109. The Morgan fingerprint density at radius 1 is 0.782 bits per heavy atom. The summed E-state index contributed by atoms with van der Waals surface area (Å²) in [7, 11) is 4.93. The number of hydrogen-bond acceptors (Lipinski definition) is 11. The number of hydrogen-bond donors (Lipinski definition) is 3. The van der Waals surface area contributed by atoms with Gasteiger partial charge in [-0.25, -0.2) is 15.0 Å². The average molecular weight is 748 g/mol. The maximum absolute atomic E-state index is 12.9. The van der Waals surface area contributed by atoms with Gasteiger partial charge in [-0.2, -0.15) is 0 Å². The number of benzene rings is 4. The number of anilines is 1. The molecule has 0 aliphatic carbocycles. The standard InChI is InChI=1S/C38H35N5O7.C4H10O/c1-47-28-17-13-26(14-18-28)38(25-11-7-4-8-12-25,27-15-19-29(48-2)20-16-27)49-21-30-32(44)33(45)37(50-30)43-23-41-31-34(39-22-40-35(31)43)42-36(46)24-9-5-3-6-10-24;1-3-4-5-2/h3-20,22-23,30,32-33,37,44-45H,21H2,1-2H3,(H,39,40,42,46);3-4H2,1-2H3/t30-,32?,33-,37?;/m1./s1. The van der Waals surface area contributed by atoms with E-state index in [1.165, 1.54) is 17.2 Å². The van der Waals surface area contributed by atoms with Crippen molar-refractivity contribution in [1.29, 1.82) is 0 Å². The number of methoxy groups -OCH3 is 3. The van der Waals surface area contributed by atoms with Gasteiger partial charge in [-0.3, -0.25) is 9.36 Å². The second-order valence-electron chi connectivity index (χ2n) is 12.7. The van der Waals surface area contributed by atoms with E-state index < -0.39 is 30.1 Å². The molecule has 1 aliphatic heterocycles. The van der Waals surface area contributed by atoms with E-state index in [4.69, 9.17) is 23.7 Å². The van der Waals surface area contributed by atoms with Crippen LogP contribution < -0.4 is 14.8 Å². The number of nitrogens with zero attached hydrogens (tertiary/aromatic N) is 4. The quantitative estimate of drug-likeness (QED) is 0.123. The third-order valence-electron chi connectivity index (χ3n) is 9.28. The smallest absolute Gasteiger partial charge is 0.256 e. The van der Waals surface area contributed by atoms with Gasteiger partial charge in [0.1, 0.15) is 41.7 Å². The minimum Gasteiger partial charge on any atom is -0.497 e. The average Bonchev–Trinajstić information content (AvgIpc) is 3.79. The second kappa shape index (κ2) is 18.1. The molecule has 6 aromatic rings. The first-order valence-electron chi connectivity index (χ1n) is 17.9. The topological polar surface area (TPSA) is 159 Å². The highest BCUT2D eigenvalue weighted by Gasteiger charge is 2.47. The fraction of sp³-hybridized carbons (Fsp3) is 0.286. The molecular weight excluding hydrogens is 702 g/mol. The Hall–Kier alpha value is -5.70. The molecule has 1 fully saturated rings. The summed E-state index contributed by atoms with van der Waals surface area (Å²) in [5.74, 6) is 1.21. The van der Waals surface area contributed by atoms with E-state index in [2.05, 4.69) is 27.2 Å². The molecule has 1 saturated heterocycles. The zero-order valence-electron chi connectivity index (χ0n) is 31.1. The van der Waals surface area contributed by atoms with Gasteiger partial charge in [0.2, 0.25) is 0 Å². The van der Waals surface area contributed by atoms with E-state index in [1.54, 1.807) is 45.6 Å². The second-order valence-corrected chi connectivity index (χ2v) is 12.7. The fourth-order valence-corrected chi connectivity index (χ4v) is 6.48. The molecule has 1 amide bonds. The Morgan fingerprint density at radius 3 is 1.91 bits per heavy atom. The summed E-state index contributed by atoms with van der Waals surface area (Å²) in [6.45, 7) is 2.87. The number of aliphatic hydroxyl groups is 2. The molecule has 2 aromatic heterocycles. The summed E-state index contributed by atoms with van der Waals surface area (Å²) in [6.07, 6.45) is -0.850. The summed E-state index contributed by atoms with van der Waals surface area (Å²) in [4.78, 5) is 25.9. The van der Waals surface area contributed by atoms with E-state index in [9.17, 15) is 15.0 Å². The molecule has 2 unspecified atom stereocenters. The number of aromatic nitrogens is 4. The Kier molecular flexibility index (Phi) is 12.8. The molecule has 4 atom stereocenters. The van der Waals surface area contributed by atoms with E-state index >= 15 is 0 Å². The lowest BCUT2D eigenvalue weighted by atomic mass is 9.80. The molecule has 55 heavy (non-hydrogen) atoms. The molecule has 4 aromatic carbocycles. The van der Waals surface area contributed by atoms with Crippen LogP contribution in [0, 0.1) is 0 Å². The molecular formula is C42H45N5O8. The first-order valence-corrected chi connectivity index (χ1v) is 17.9. The van der Waals surface area contributed by atoms with Gasteiger partial charge in [0.25, 0.3) is 5.91 Å². The molecule has 13 nitrogen and oxygen atoms in total. The van der Waals surface area contributed by atoms with Crippen LogP contribution in [-0.2, 0) is 19.8 Å². The molecule has 3 heterocycles. The van der Waals surface area contributed by atoms with Crippen LogP contribution in [0.3, 0.4) is 0 Å². The Morgan fingerprint density at radius 2 is 1.36 bits per heavy atom. The van der Waals surface area contributed by atoms with Crippen molar-refractivity contribution in [3.05, 3.63) is 144 Å². The fourth-order valence-electron chi connectivity index (χ4n) is 6.48. The van der Waals surface area contributed by atoms with Gasteiger partial charge in [0, 0.05) is 19.3 Å². The SMILES string of the molecule is CCCOC.COc1ccc(C(OC[C@H]2OC(n3cnc4c(NC(=O)c5ccccc5)ncnc43)[C@H](O)C2O)(c2ccccc2)c2ccc(OC)cc2)cc1. The highest BCUT2D eigenvalue weighted by molar-refractivity contribution is 6.06. The third-order valence-corrected chi connectivity index (χ3v) is 9.28. The summed E-state index contributed by atoms with van der Waals surface area (Å²) in [6, 6.07) is 33.7. The summed E-state index contributed by atoms with van der Waals surface area (Å²) < 4.78 is 30.3. The number of rotatable bonds is 13. The molecule has 0 saturated carbocycles. The molecule has 286 valence electrons. The monoisotopic (exact) mass is 747 g/mol. The van der Waals surface area contributed by atoms with Crippen molar-refractivity contribution in [3.63, 3.8) is 0 Å². The summed E-state index contributed by atoms with van der Waals surface area (Å²) >= 11 is 0. The Labute approximate surface area is 319 Å². The van der Waals surface area contributed by atoms with Gasteiger partial charge in [-0.05, 0) is 59.5 Å². The summed E-state index contributed by atoms with van der Waals surface area (Å²) in [5, 5.41) is 25.4. The molecule has 1 aliphatic rings. The van der Waals surface area contributed by atoms with Gasteiger partial charge in [-0.15, -0.1) is 0 Å². The van der Waals surface area contributed by atoms with Crippen LogP contribution in [0.2, 0.25) is 0 Å². The maximum Gasteiger partial charge on any atom is 0.256 e. The highest BCUT2D eigenvalue weighted by atomic mass is 16.6. The number of carbonyl (C=O) groups is 1. The molecule has 0 radical (unpaired) electrons. The number of carbonyl (C=O) groups excluding carboxylic acids is 1. The van der Waals surface area contributed by atoms with E-state index in [0.29, 0.717) is 28.2 Å². The predicted octanol–water partition coefficient (Wildman–Crippen LogP) is 5.77. The molecule has 13 heteroatoms. The number of ether oxygens (including phenoxy) is 5. The van der Waals surface area contributed by atoms with Gasteiger partial charge in [-0.1, -0.05) is 79.7 Å². The van der Waals surface area contributed by atoms with Crippen molar-refractivity contribution in [2.45, 2.75) is 43.5 Å². The Bertz CT molecular complexity index is 2060.